The van der Waals surface area contributed by atoms with E-state index in [1.807, 2.05) is 0 Å². The Morgan fingerprint density at radius 1 is 0.750 bits per heavy atom. The first-order chi connectivity index (χ1) is 11.7. The lowest BCUT2D eigenvalue weighted by Gasteiger charge is -2.09. The van der Waals surface area contributed by atoms with Gasteiger partial charge in [0.15, 0.2) is 0 Å². The van der Waals surface area contributed by atoms with Crippen LogP contribution in [-0.2, 0) is 0 Å². The number of thiophene rings is 2. The molecule has 6 heteroatoms. The molecule has 0 bridgehead atoms. The van der Waals surface area contributed by atoms with E-state index < -0.39 is 0 Å². The summed E-state index contributed by atoms with van der Waals surface area (Å²) >= 11 is 10.6. The number of unbranched alkanes of at least 4 members (excludes halogenated alkanes) is 4. The highest BCUT2D eigenvalue weighted by Gasteiger charge is 2.19. The molecule has 0 amide bonds. The van der Waals surface area contributed by atoms with Gasteiger partial charge in [0.05, 0.1) is 30.5 Å². The molecule has 0 aliphatic rings. The molecule has 0 radical (unpaired) electrons. The van der Waals surface area contributed by atoms with E-state index >= 15 is 0 Å². The van der Waals surface area contributed by atoms with E-state index in [1.54, 1.807) is 22.7 Å². The summed E-state index contributed by atoms with van der Waals surface area (Å²) in [6.45, 7) is 5.95. The molecule has 0 saturated heterocycles. The van der Waals surface area contributed by atoms with Gasteiger partial charge >= 0.3 is 0 Å². The number of ether oxygens (including phenoxy) is 2. The van der Waals surface area contributed by atoms with Crippen LogP contribution in [0.1, 0.15) is 52.4 Å². The molecule has 24 heavy (non-hydrogen) atoms. The summed E-state index contributed by atoms with van der Waals surface area (Å²) in [4.78, 5) is 2.30. The van der Waals surface area contributed by atoms with Crippen LogP contribution < -0.4 is 9.47 Å². The average molecular weight is 496 g/mol. The van der Waals surface area contributed by atoms with Gasteiger partial charge in [0.1, 0.15) is 11.5 Å². The summed E-state index contributed by atoms with van der Waals surface area (Å²) in [5.74, 6) is 1.91. The zero-order valence-electron chi connectivity index (χ0n) is 14.2. The topological polar surface area (TPSA) is 18.5 Å². The smallest absolute Gasteiger partial charge is 0.140 e. The van der Waals surface area contributed by atoms with Crippen molar-refractivity contribution in [3.63, 3.8) is 0 Å². The van der Waals surface area contributed by atoms with Crippen molar-refractivity contribution in [1.29, 1.82) is 0 Å². The van der Waals surface area contributed by atoms with E-state index in [2.05, 4.69) is 57.8 Å². The van der Waals surface area contributed by atoms with Crippen LogP contribution in [0.5, 0.6) is 11.5 Å². The van der Waals surface area contributed by atoms with E-state index in [4.69, 9.17) is 9.47 Å². The van der Waals surface area contributed by atoms with Gasteiger partial charge in [0, 0.05) is 12.1 Å². The molecule has 2 nitrogen and oxygen atoms in total. The molecule has 134 valence electrons. The van der Waals surface area contributed by atoms with E-state index in [1.165, 1.54) is 25.7 Å². The Bertz CT molecular complexity index is 568. The largest absolute Gasteiger partial charge is 0.492 e. The molecule has 2 aromatic heterocycles. The maximum Gasteiger partial charge on any atom is 0.140 e. The highest BCUT2D eigenvalue weighted by molar-refractivity contribution is 9.11. The first-order valence-electron chi connectivity index (χ1n) is 8.50. The van der Waals surface area contributed by atoms with Crippen molar-refractivity contribution in [3.8, 4) is 21.3 Å². The molecular formula is C18H24Br2O2S2. The summed E-state index contributed by atoms with van der Waals surface area (Å²) in [5, 5.41) is 0. The van der Waals surface area contributed by atoms with Gasteiger partial charge in [-0.15, -0.1) is 22.7 Å². The highest BCUT2D eigenvalue weighted by Crippen LogP contribution is 2.49. The first kappa shape index (κ1) is 20.3. The van der Waals surface area contributed by atoms with Crippen LogP contribution in [0.2, 0.25) is 0 Å². The average Bonchev–Trinajstić information content (AvgIpc) is 3.10. The third kappa shape index (κ3) is 6.04. The summed E-state index contributed by atoms with van der Waals surface area (Å²) in [6.07, 6.45) is 7.01. The summed E-state index contributed by atoms with van der Waals surface area (Å²) < 4.78 is 14.3. The second-order valence-electron chi connectivity index (χ2n) is 5.60. The molecule has 0 atom stereocenters. The van der Waals surface area contributed by atoms with Crippen LogP contribution in [-0.4, -0.2) is 13.2 Å². The summed E-state index contributed by atoms with van der Waals surface area (Å²) in [7, 11) is 0. The quantitative estimate of drug-likeness (QED) is 0.293. The van der Waals surface area contributed by atoms with Crippen molar-refractivity contribution in [3.05, 3.63) is 19.7 Å². The molecule has 0 spiro atoms. The minimum absolute atomic E-state index is 0.767. The van der Waals surface area contributed by atoms with Gasteiger partial charge in [-0.25, -0.2) is 0 Å². The normalized spacial score (nSPS) is 11.0. The molecule has 0 unspecified atom stereocenters. The molecule has 0 aliphatic carbocycles. The molecule has 2 rings (SSSR count). The standard InChI is InChI=1S/C18H24Br2O2S2/c1-3-5-7-9-21-13-11-15(19)23-17(13)18-14(12-16(20)24-18)22-10-8-6-4-2/h11-12H,3-10H2,1-2H3. The van der Waals surface area contributed by atoms with Gasteiger partial charge in [-0.3, -0.25) is 0 Å². The van der Waals surface area contributed by atoms with Crippen LogP contribution in [0.25, 0.3) is 9.75 Å². The van der Waals surface area contributed by atoms with Crippen LogP contribution in [0.15, 0.2) is 19.7 Å². The number of hydrogen-bond acceptors (Lipinski definition) is 4. The molecule has 0 N–H and O–H groups in total. The fourth-order valence-corrected chi connectivity index (χ4v) is 5.47. The maximum atomic E-state index is 6.04. The minimum Gasteiger partial charge on any atom is -0.492 e. The Labute approximate surface area is 169 Å². The molecule has 0 saturated carbocycles. The van der Waals surface area contributed by atoms with Gasteiger partial charge in [-0.2, -0.15) is 0 Å². The molecule has 2 heterocycles. The van der Waals surface area contributed by atoms with E-state index in [0.29, 0.717) is 0 Å². The SMILES string of the molecule is CCCCCOc1cc(Br)sc1-c1sc(Br)cc1OCCCCC. The minimum atomic E-state index is 0.767. The molecule has 0 fully saturated rings. The van der Waals surface area contributed by atoms with Gasteiger partial charge in [0.2, 0.25) is 0 Å². The van der Waals surface area contributed by atoms with E-state index in [9.17, 15) is 0 Å². The second-order valence-corrected chi connectivity index (χ2v) is 10.5. The van der Waals surface area contributed by atoms with Crippen molar-refractivity contribution >= 4 is 54.5 Å². The Kier molecular flexibility index (Phi) is 9.16. The van der Waals surface area contributed by atoms with E-state index in [0.717, 1.165) is 54.9 Å². The Morgan fingerprint density at radius 3 is 1.54 bits per heavy atom. The zero-order valence-corrected chi connectivity index (χ0v) is 19.0. The van der Waals surface area contributed by atoms with Crippen molar-refractivity contribution < 1.29 is 9.47 Å². The van der Waals surface area contributed by atoms with Crippen LogP contribution in [0.3, 0.4) is 0 Å². The molecule has 0 aromatic carbocycles. The molecular weight excluding hydrogens is 472 g/mol. The van der Waals surface area contributed by atoms with Gasteiger partial charge in [-0.1, -0.05) is 39.5 Å². The van der Waals surface area contributed by atoms with Gasteiger partial charge < -0.3 is 9.47 Å². The van der Waals surface area contributed by atoms with Crippen LogP contribution in [0.4, 0.5) is 0 Å². The molecule has 2 aromatic rings. The number of hydrogen-bond donors (Lipinski definition) is 0. The van der Waals surface area contributed by atoms with Crippen molar-refractivity contribution in [2.75, 3.05) is 13.2 Å². The van der Waals surface area contributed by atoms with Crippen molar-refractivity contribution in [2.45, 2.75) is 52.4 Å². The fourth-order valence-electron chi connectivity index (χ4n) is 2.29. The monoisotopic (exact) mass is 494 g/mol. The Balaban J connectivity index is 2.12. The molecule has 0 aliphatic heterocycles. The predicted octanol–water partition coefficient (Wildman–Crippen LogP) is 8.14. The van der Waals surface area contributed by atoms with Gasteiger partial charge in [0.25, 0.3) is 0 Å². The van der Waals surface area contributed by atoms with E-state index in [-0.39, 0.29) is 0 Å². The zero-order chi connectivity index (χ0) is 17.4. The maximum absolute atomic E-state index is 6.04. The van der Waals surface area contributed by atoms with Gasteiger partial charge in [-0.05, 0) is 44.7 Å². The third-order valence-corrected chi connectivity index (χ3v) is 6.96. The number of rotatable bonds is 11. The first-order valence-corrected chi connectivity index (χ1v) is 11.7. The van der Waals surface area contributed by atoms with Crippen LogP contribution >= 0.6 is 54.5 Å². The number of halogens is 2. The highest BCUT2D eigenvalue weighted by atomic mass is 79.9. The second kappa shape index (κ2) is 10.8. The van der Waals surface area contributed by atoms with Crippen molar-refractivity contribution in [1.82, 2.24) is 0 Å². The third-order valence-electron chi connectivity index (χ3n) is 3.55. The predicted molar refractivity (Wildman–Crippen MR) is 113 cm³/mol. The van der Waals surface area contributed by atoms with Crippen molar-refractivity contribution in [2.24, 2.45) is 0 Å². The lowest BCUT2D eigenvalue weighted by atomic mass is 10.2. The lowest BCUT2D eigenvalue weighted by Crippen LogP contribution is -1.98. The fraction of sp³-hybridized carbons (Fsp3) is 0.556. The summed E-state index contributed by atoms with van der Waals surface area (Å²) in [6, 6.07) is 4.14. The Hall–Kier alpha value is -0.0400. The lowest BCUT2D eigenvalue weighted by molar-refractivity contribution is 0.304. The summed E-state index contributed by atoms with van der Waals surface area (Å²) in [5.41, 5.74) is 0. The van der Waals surface area contributed by atoms with Crippen LogP contribution in [0, 0.1) is 0 Å². The Morgan fingerprint density at radius 2 is 1.17 bits per heavy atom.